The monoisotopic (exact) mass is 417 g/mol. The van der Waals surface area contributed by atoms with Gasteiger partial charge in [-0.3, -0.25) is 14.3 Å². The van der Waals surface area contributed by atoms with Gasteiger partial charge in [-0.05, 0) is 63.6 Å². The van der Waals surface area contributed by atoms with Crippen LogP contribution in [-0.2, 0) is 0 Å². The molecule has 0 saturated heterocycles. The van der Waals surface area contributed by atoms with Gasteiger partial charge in [0.15, 0.2) is 5.82 Å². The number of nitrogens with one attached hydrogen (secondary N) is 1. The number of carbonyl (C=O) groups excluding carboxylic acids is 2. The van der Waals surface area contributed by atoms with E-state index in [1.165, 1.54) is 0 Å². The lowest BCUT2D eigenvalue weighted by molar-refractivity contribution is 0.0942. The van der Waals surface area contributed by atoms with E-state index in [4.69, 9.17) is 0 Å². The second-order valence-electron chi connectivity index (χ2n) is 8.41. The SMILES string of the molecule is CC(C)NC(=O)c1ccc2c(c1)[C@H](c1ncn(C(C)C)n1)CN2C(=O)c1ccccc1. The first-order chi connectivity index (χ1) is 14.8. The Balaban J connectivity index is 1.75. The fraction of sp³-hybridized carbons (Fsp3) is 0.333. The normalized spacial score (nSPS) is 15.4. The van der Waals surface area contributed by atoms with Crippen LogP contribution >= 0.6 is 0 Å². The number of rotatable bonds is 5. The minimum Gasteiger partial charge on any atom is -0.350 e. The Kier molecular flexibility index (Phi) is 5.59. The summed E-state index contributed by atoms with van der Waals surface area (Å²) in [5.74, 6) is 0.242. The Morgan fingerprint density at radius 2 is 1.77 bits per heavy atom. The van der Waals surface area contributed by atoms with Crippen molar-refractivity contribution in [3.05, 3.63) is 77.4 Å². The van der Waals surface area contributed by atoms with Crippen LogP contribution in [0.15, 0.2) is 54.9 Å². The second-order valence-corrected chi connectivity index (χ2v) is 8.41. The van der Waals surface area contributed by atoms with Crippen molar-refractivity contribution in [2.45, 2.75) is 45.7 Å². The molecule has 2 amide bonds. The summed E-state index contributed by atoms with van der Waals surface area (Å²) >= 11 is 0. The van der Waals surface area contributed by atoms with E-state index in [2.05, 4.69) is 15.4 Å². The predicted octanol–water partition coefficient (Wildman–Crippen LogP) is 3.79. The molecule has 160 valence electrons. The molecular formula is C24H27N5O2. The van der Waals surface area contributed by atoms with Gasteiger partial charge in [-0.2, -0.15) is 5.10 Å². The Labute approximate surface area is 182 Å². The quantitative estimate of drug-likeness (QED) is 0.685. The Bertz CT molecular complexity index is 1100. The molecule has 1 atom stereocenters. The number of amides is 2. The molecule has 0 aliphatic carbocycles. The van der Waals surface area contributed by atoms with Gasteiger partial charge in [-0.15, -0.1) is 0 Å². The zero-order chi connectivity index (χ0) is 22.1. The van der Waals surface area contributed by atoms with Crippen molar-refractivity contribution in [2.24, 2.45) is 0 Å². The minimum atomic E-state index is -0.200. The lowest BCUT2D eigenvalue weighted by Crippen LogP contribution is -2.30. The number of aromatic nitrogens is 3. The molecule has 0 spiro atoms. The highest BCUT2D eigenvalue weighted by Gasteiger charge is 2.36. The third-order valence-electron chi connectivity index (χ3n) is 5.37. The fourth-order valence-electron chi connectivity index (χ4n) is 3.79. The third-order valence-corrected chi connectivity index (χ3v) is 5.37. The largest absolute Gasteiger partial charge is 0.350 e. The predicted molar refractivity (Wildman–Crippen MR) is 119 cm³/mol. The average molecular weight is 418 g/mol. The van der Waals surface area contributed by atoms with E-state index < -0.39 is 0 Å². The summed E-state index contributed by atoms with van der Waals surface area (Å²) in [7, 11) is 0. The molecule has 2 aromatic carbocycles. The van der Waals surface area contributed by atoms with E-state index in [1.807, 2.05) is 74.8 Å². The Hall–Kier alpha value is -3.48. The van der Waals surface area contributed by atoms with Crippen molar-refractivity contribution in [3.63, 3.8) is 0 Å². The van der Waals surface area contributed by atoms with Gasteiger partial charge < -0.3 is 10.2 Å². The maximum Gasteiger partial charge on any atom is 0.258 e. The summed E-state index contributed by atoms with van der Waals surface area (Å²) in [6, 6.07) is 14.9. The van der Waals surface area contributed by atoms with E-state index in [9.17, 15) is 9.59 Å². The second kappa shape index (κ2) is 8.34. The molecule has 0 saturated carbocycles. The van der Waals surface area contributed by atoms with Gasteiger partial charge in [0.1, 0.15) is 6.33 Å². The van der Waals surface area contributed by atoms with Crippen LogP contribution in [0.3, 0.4) is 0 Å². The first-order valence-corrected chi connectivity index (χ1v) is 10.6. The molecule has 1 aliphatic rings. The van der Waals surface area contributed by atoms with Crippen LogP contribution < -0.4 is 10.2 Å². The topological polar surface area (TPSA) is 80.1 Å². The molecule has 2 heterocycles. The molecule has 1 N–H and O–H groups in total. The summed E-state index contributed by atoms with van der Waals surface area (Å²) in [5, 5.41) is 7.58. The van der Waals surface area contributed by atoms with Crippen LogP contribution in [0.4, 0.5) is 5.69 Å². The molecule has 1 aromatic heterocycles. The van der Waals surface area contributed by atoms with Crippen molar-refractivity contribution in [3.8, 4) is 0 Å². The van der Waals surface area contributed by atoms with Crippen molar-refractivity contribution < 1.29 is 9.59 Å². The van der Waals surface area contributed by atoms with E-state index >= 15 is 0 Å². The molecular weight excluding hydrogens is 390 g/mol. The van der Waals surface area contributed by atoms with E-state index in [0.717, 1.165) is 11.3 Å². The molecule has 4 rings (SSSR count). The summed E-state index contributed by atoms with van der Waals surface area (Å²) in [4.78, 5) is 32.1. The summed E-state index contributed by atoms with van der Waals surface area (Å²) in [6.07, 6.45) is 1.72. The van der Waals surface area contributed by atoms with Crippen molar-refractivity contribution >= 4 is 17.5 Å². The number of carbonyl (C=O) groups is 2. The lowest BCUT2D eigenvalue weighted by Gasteiger charge is -2.18. The van der Waals surface area contributed by atoms with Gasteiger partial charge in [-0.1, -0.05) is 18.2 Å². The van der Waals surface area contributed by atoms with E-state index in [1.54, 1.807) is 17.3 Å². The molecule has 1 aliphatic heterocycles. The Morgan fingerprint density at radius 1 is 1.03 bits per heavy atom. The average Bonchev–Trinajstić information content (AvgIpc) is 3.38. The molecule has 7 heteroatoms. The number of hydrogen-bond acceptors (Lipinski definition) is 4. The van der Waals surface area contributed by atoms with Crippen molar-refractivity contribution in [2.75, 3.05) is 11.4 Å². The van der Waals surface area contributed by atoms with Crippen LogP contribution in [0.25, 0.3) is 0 Å². The lowest BCUT2D eigenvalue weighted by atomic mass is 9.98. The molecule has 0 fully saturated rings. The zero-order valence-electron chi connectivity index (χ0n) is 18.2. The van der Waals surface area contributed by atoms with Gasteiger partial charge in [0.25, 0.3) is 11.8 Å². The van der Waals surface area contributed by atoms with Gasteiger partial charge >= 0.3 is 0 Å². The maximum atomic E-state index is 13.3. The van der Waals surface area contributed by atoms with Crippen LogP contribution in [0, 0.1) is 0 Å². The van der Waals surface area contributed by atoms with Gasteiger partial charge in [0.05, 0.1) is 5.92 Å². The standard InChI is InChI=1S/C24H27N5O2/c1-15(2)26-23(30)18-10-11-21-19(12-18)20(22-25-14-29(27-22)16(3)4)13-28(21)24(31)17-8-6-5-7-9-17/h5-12,14-16,20H,13H2,1-4H3,(H,26,30)/t20-/m1/s1. The summed E-state index contributed by atoms with van der Waals surface area (Å²) in [6.45, 7) is 8.37. The highest BCUT2D eigenvalue weighted by atomic mass is 16.2. The van der Waals surface area contributed by atoms with Crippen LogP contribution in [0.2, 0.25) is 0 Å². The molecule has 0 unspecified atom stereocenters. The summed E-state index contributed by atoms with van der Waals surface area (Å²) < 4.78 is 1.81. The zero-order valence-corrected chi connectivity index (χ0v) is 18.2. The number of nitrogens with zero attached hydrogens (tertiary/aromatic N) is 4. The third kappa shape index (κ3) is 4.08. The van der Waals surface area contributed by atoms with Crippen molar-refractivity contribution in [1.29, 1.82) is 0 Å². The van der Waals surface area contributed by atoms with Gasteiger partial charge in [0.2, 0.25) is 0 Å². The first-order valence-electron chi connectivity index (χ1n) is 10.6. The van der Waals surface area contributed by atoms with Crippen molar-refractivity contribution in [1.82, 2.24) is 20.1 Å². The smallest absolute Gasteiger partial charge is 0.258 e. The maximum absolute atomic E-state index is 13.3. The molecule has 7 nitrogen and oxygen atoms in total. The highest BCUT2D eigenvalue weighted by molar-refractivity contribution is 6.08. The number of hydrogen-bond donors (Lipinski definition) is 1. The molecule has 31 heavy (non-hydrogen) atoms. The van der Waals surface area contributed by atoms with E-state index in [0.29, 0.717) is 23.5 Å². The number of anilines is 1. The van der Waals surface area contributed by atoms with Gasteiger partial charge in [-0.25, -0.2) is 4.98 Å². The minimum absolute atomic E-state index is 0.0381. The number of fused-ring (bicyclic) bond motifs is 1. The molecule has 0 bridgehead atoms. The van der Waals surface area contributed by atoms with Crippen LogP contribution in [0.5, 0.6) is 0 Å². The van der Waals surface area contributed by atoms with E-state index in [-0.39, 0.29) is 29.8 Å². The number of benzene rings is 2. The van der Waals surface area contributed by atoms with Gasteiger partial charge in [0, 0.05) is 35.4 Å². The Morgan fingerprint density at radius 3 is 2.42 bits per heavy atom. The van der Waals surface area contributed by atoms with Crippen LogP contribution in [-0.4, -0.2) is 39.2 Å². The fourth-order valence-corrected chi connectivity index (χ4v) is 3.79. The summed E-state index contributed by atoms with van der Waals surface area (Å²) in [5.41, 5.74) is 2.87. The molecule has 3 aromatic rings. The highest BCUT2D eigenvalue weighted by Crippen LogP contribution is 2.40. The first kappa shape index (κ1) is 20.8. The molecule has 0 radical (unpaired) electrons. The van der Waals surface area contributed by atoms with Crippen LogP contribution in [0.1, 0.15) is 71.8 Å².